The van der Waals surface area contributed by atoms with Gasteiger partial charge in [0.25, 0.3) is 5.78 Å². The van der Waals surface area contributed by atoms with Crippen molar-refractivity contribution in [2.24, 2.45) is 0 Å². The molecule has 10 heteroatoms. The first-order chi connectivity index (χ1) is 18.8. The van der Waals surface area contributed by atoms with Crippen molar-refractivity contribution in [3.63, 3.8) is 0 Å². The highest BCUT2D eigenvalue weighted by Gasteiger charge is 2.48. The molecule has 0 bridgehead atoms. The molecule has 2 heterocycles. The maximum atomic E-state index is 13.4. The molecule has 2 N–H and O–H groups in total. The molecule has 1 unspecified atom stereocenters. The van der Waals surface area contributed by atoms with E-state index in [1.165, 1.54) is 18.2 Å². The quantitative estimate of drug-likeness (QED) is 0.0872. The number of benzene rings is 2. The van der Waals surface area contributed by atoms with Crippen molar-refractivity contribution in [3.8, 4) is 11.5 Å². The number of aryl methyl sites for hydroxylation is 1. The summed E-state index contributed by atoms with van der Waals surface area (Å²) in [6.45, 7) is 7.75. The standard InChI is InChI=1S/C29H28N2O7S/c1-4-6-16-37-21-13-9-19(10-14-21)24(33)22-23(18-7-11-20(32)12-8-18)31(27(35)25(22)34)29-30-17(3)26(39-29)28(36)38-15-5-2/h5,7-14,23,32-33H,2,4,6,15-16H2,1,3H3. The van der Waals surface area contributed by atoms with E-state index in [1.54, 1.807) is 43.3 Å². The molecule has 1 fully saturated rings. The van der Waals surface area contributed by atoms with Gasteiger partial charge in [0.2, 0.25) is 0 Å². The molecule has 1 atom stereocenters. The number of aliphatic hydroxyl groups excluding tert-OH is 1. The number of hydrogen-bond donors (Lipinski definition) is 2. The number of phenolic OH excluding ortho intramolecular Hbond substituents is 1. The summed E-state index contributed by atoms with van der Waals surface area (Å²) in [6, 6.07) is 11.5. The second-order valence-corrected chi connectivity index (χ2v) is 9.76. The third-order valence-corrected chi connectivity index (χ3v) is 7.19. The van der Waals surface area contributed by atoms with E-state index in [0.29, 0.717) is 29.2 Å². The fraction of sp³-hybridized carbons (Fsp3) is 0.241. The molecular formula is C29H28N2O7S. The summed E-state index contributed by atoms with van der Waals surface area (Å²) in [6.07, 6.45) is 3.33. The third-order valence-electron chi connectivity index (χ3n) is 6.06. The number of aromatic hydroxyl groups is 1. The molecule has 1 aliphatic heterocycles. The van der Waals surface area contributed by atoms with Crippen LogP contribution in [0.4, 0.5) is 5.13 Å². The van der Waals surface area contributed by atoms with E-state index >= 15 is 0 Å². The molecule has 2 aromatic carbocycles. The van der Waals surface area contributed by atoms with E-state index in [2.05, 4.69) is 18.5 Å². The van der Waals surface area contributed by atoms with Crippen molar-refractivity contribution in [1.82, 2.24) is 4.98 Å². The lowest BCUT2D eigenvalue weighted by atomic mass is 9.95. The molecule has 1 aromatic heterocycles. The van der Waals surface area contributed by atoms with Crippen LogP contribution in [0.1, 0.15) is 52.3 Å². The van der Waals surface area contributed by atoms with E-state index in [0.717, 1.165) is 29.1 Å². The van der Waals surface area contributed by atoms with Crippen molar-refractivity contribution < 1.29 is 34.1 Å². The largest absolute Gasteiger partial charge is 0.508 e. The number of phenols is 1. The Morgan fingerprint density at radius 2 is 1.85 bits per heavy atom. The van der Waals surface area contributed by atoms with Gasteiger partial charge in [-0.25, -0.2) is 9.78 Å². The highest BCUT2D eigenvalue weighted by molar-refractivity contribution is 7.17. The average Bonchev–Trinajstić information content (AvgIpc) is 3.44. The van der Waals surface area contributed by atoms with E-state index in [9.17, 15) is 24.6 Å². The minimum atomic E-state index is -1.06. The fourth-order valence-corrected chi connectivity index (χ4v) is 5.06. The summed E-state index contributed by atoms with van der Waals surface area (Å²) >= 11 is 0.906. The van der Waals surface area contributed by atoms with Gasteiger partial charge in [-0.05, 0) is 55.3 Å². The van der Waals surface area contributed by atoms with Crippen LogP contribution in [0.5, 0.6) is 11.5 Å². The maximum absolute atomic E-state index is 13.4. The number of thiazole rings is 1. The zero-order valence-electron chi connectivity index (χ0n) is 21.5. The molecule has 0 saturated carbocycles. The maximum Gasteiger partial charge on any atom is 0.350 e. The summed E-state index contributed by atoms with van der Waals surface area (Å²) < 4.78 is 10.8. The summed E-state index contributed by atoms with van der Waals surface area (Å²) in [4.78, 5) is 44.9. The number of aliphatic hydroxyl groups is 1. The highest BCUT2D eigenvalue weighted by Crippen LogP contribution is 2.44. The van der Waals surface area contributed by atoms with Gasteiger partial charge in [0.1, 0.15) is 28.7 Å². The van der Waals surface area contributed by atoms with Crippen molar-refractivity contribution in [3.05, 3.63) is 88.5 Å². The summed E-state index contributed by atoms with van der Waals surface area (Å²) in [7, 11) is 0. The Labute approximate surface area is 229 Å². The number of amides is 1. The lowest BCUT2D eigenvalue weighted by Crippen LogP contribution is -2.29. The molecule has 9 nitrogen and oxygen atoms in total. The Morgan fingerprint density at radius 3 is 2.49 bits per heavy atom. The number of ether oxygens (including phenoxy) is 2. The predicted octanol–water partition coefficient (Wildman–Crippen LogP) is 5.31. The van der Waals surface area contributed by atoms with E-state index in [-0.39, 0.29) is 33.7 Å². The van der Waals surface area contributed by atoms with E-state index in [1.807, 2.05) is 0 Å². The predicted molar refractivity (Wildman–Crippen MR) is 147 cm³/mol. The molecule has 1 amide bonds. The fourth-order valence-electron chi connectivity index (χ4n) is 4.08. The van der Waals surface area contributed by atoms with Gasteiger partial charge in [-0.15, -0.1) is 0 Å². The highest BCUT2D eigenvalue weighted by atomic mass is 32.1. The zero-order valence-corrected chi connectivity index (χ0v) is 22.4. The Bertz CT molecular complexity index is 1420. The monoisotopic (exact) mass is 548 g/mol. The number of rotatable bonds is 10. The van der Waals surface area contributed by atoms with Crippen LogP contribution < -0.4 is 9.64 Å². The molecule has 0 aliphatic carbocycles. The van der Waals surface area contributed by atoms with Crippen molar-refractivity contribution in [1.29, 1.82) is 0 Å². The van der Waals surface area contributed by atoms with Crippen LogP contribution in [0.3, 0.4) is 0 Å². The first-order valence-electron chi connectivity index (χ1n) is 12.3. The number of aromatic nitrogens is 1. The van der Waals surface area contributed by atoms with Gasteiger partial charge in [-0.3, -0.25) is 14.5 Å². The molecule has 39 heavy (non-hydrogen) atoms. The summed E-state index contributed by atoms with van der Waals surface area (Å²) in [5, 5.41) is 21.2. The first kappa shape index (κ1) is 27.6. The number of esters is 1. The van der Waals surface area contributed by atoms with E-state index in [4.69, 9.17) is 9.47 Å². The second-order valence-electron chi connectivity index (χ2n) is 8.79. The normalized spacial score (nSPS) is 16.4. The van der Waals surface area contributed by atoms with Crippen molar-refractivity contribution in [2.75, 3.05) is 18.1 Å². The van der Waals surface area contributed by atoms with Gasteiger partial charge >= 0.3 is 11.9 Å². The molecule has 0 spiro atoms. The Hall–Kier alpha value is -4.44. The van der Waals surface area contributed by atoms with Gasteiger partial charge in [0.15, 0.2) is 5.13 Å². The number of Topliss-reactive ketones (excluding diaryl/α,β-unsaturated/α-hetero) is 1. The van der Waals surface area contributed by atoms with Crippen molar-refractivity contribution >= 4 is 39.9 Å². The van der Waals surface area contributed by atoms with Crippen LogP contribution in [0.15, 0.2) is 66.8 Å². The number of ketones is 1. The molecule has 1 aliphatic rings. The topological polar surface area (TPSA) is 126 Å². The number of hydrogen-bond acceptors (Lipinski definition) is 9. The van der Waals surface area contributed by atoms with Gasteiger partial charge in [0.05, 0.1) is 23.9 Å². The summed E-state index contributed by atoms with van der Waals surface area (Å²) in [5.74, 6) is -2.20. The van der Waals surface area contributed by atoms with Crippen LogP contribution in [0.25, 0.3) is 5.76 Å². The smallest absolute Gasteiger partial charge is 0.350 e. The molecule has 3 aromatic rings. The number of anilines is 1. The Morgan fingerprint density at radius 1 is 1.15 bits per heavy atom. The first-order valence-corrected chi connectivity index (χ1v) is 13.2. The minimum Gasteiger partial charge on any atom is -0.508 e. The van der Waals surface area contributed by atoms with Crippen LogP contribution in [-0.4, -0.2) is 46.1 Å². The van der Waals surface area contributed by atoms with E-state index < -0.39 is 23.7 Å². The molecule has 1 saturated heterocycles. The van der Waals surface area contributed by atoms with Crippen LogP contribution in [0, 0.1) is 6.92 Å². The van der Waals surface area contributed by atoms with Crippen molar-refractivity contribution in [2.45, 2.75) is 32.7 Å². The Kier molecular flexibility index (Phi) is 8.46. The van der Waals surface area contributed by atoms with Crippen LogP contribution >= 0.6 is 11.3 Å². The van der Waals surface area contributed by atoms with Gasteiger partial charge < -0.3 is 19.7 Å². The SMILES string of the molecule is C=CCOC(=O)c1sc(N2C(=O)C(=O)C(=C(O)c3ccc(OCCCC)cc3)C2c2ccc(O)cc2)nc1C. The molecule has 202 valence electrons. The number of carbonyl (C=O) groups is 3. The van der Waals surface area contributed by atoms with Crippen LogP contribution in [0.2, 0.25) is 0 Å². The number of nitrogens with zero attached hydrogens (tertiary/aromatic N) is 2. The zero-order chi connectivity index (χ0) is 28.1. The third kappa shape index (κ3) is 5.70. The average molecular weight is 549 g/mol. The van der Waals surface area contributed by atoms with Gasteiger partial charge in [-0.1, -0.05) is 49.5 Å². The minimum absolute atomic E-state index is 0.00592. The molecular weight excluding hydrogens is 520 g/mol. The second kappa shape index (κ2) is 12.0. The van der Waals surface area contributed by atoms with Crippen LogP contribution in [-0.2, 0) is 14.3 Å². The molecule has 0 radical (unpaired) electrons. The lowest BCUT2D eigenvalue weighted by Gasteiger charge is -2.23. The number of carbonyl (C=O) groups excluding carboxylic acids is 3. The van der Waals surface area contributed by atoms with Gasteiger partial charge in [0, 0.05) is 5.56 Å². The lowest BCUT2D eigenvalue weighted by molar-refractivity contribution is -0.132. The number of unbranched alkanes of at least 4 members (excludes halogenated alkanes) is 1. The van der Waals surface area contributed by atoms with Gasteiger partial charge in [-0.2, -0.15) is 0 Å². The molecule has 4 rings (SSSR count). The Balaban J connectivity index is 1.79. The summed E-state index contributed by atoms with van der Waals surface area (Å²) in [5.41, 5.74) is 0.961.